The summed E-state index contributed by atoms with van der Waals surface area (Å²) in [6, 6.07) is 9.46. The van der Waals surface area contributed by atoms with Gasteiger partial charge in [0, 0.05) is 6.54 Å². The average molecular weight is 319 g/mol. The Morgan fingerprint density at radius 1 is 1.17 bits per heavy atom. The molecule has 0 bridgehead atoms. The quantitative estimate of drug-likeness (QED) is 0.785. The number of hydrogen-bond donors (Lipinski definition) is 0. The number of piperidine rings is 1. The first-order valence-electron chi connectivity index (χ1n) is 7.94. The van der Waals surface area contributed by atoms with E-state index in [-0.39, 0.29) is 5.92 Å². The summed E-state index contributed by atoms with van der Waals surface area (Å²) in [4.78, 5) is 26.0. The molecule has 5 nitrogen and oxygen atoms in total. The number of rotatable bonds is 2. The number of hydrogen-bond acceptors (Lipinski definition) is 4. The van der Waals surface area contributed by atoms with Crippen LogP contribution in [0.5, 0.6) is 0 Å². The lowest BCUT2D eigenvalue weighted by molar-refractivity contribution is -0.148. The molecule has 1 fully saturated rings. The number of carbonyl (C=O) groups is 2. The van der Waals surface area contributed by atoms with Crippen molar-refractivity contribution in [1.29, 1.82) is 0 Å². The molecule has 1 aliphatic heterocycles. The van der Waals surface area contributed by atoms with Crippen LogP contribution < -0.4 is 0 Å². The van der Waals surface area contributed by atoms with Gasteiger partial charge in [-0.05, 0) is 45.1 Å². The molecule has 0 aromatic heterocycles. The molecule has 1 saturated heterocycles. The second-order valence-electron chi connectivity index (χ2n) is 6.84. The number of ether oxygens (including phenoxy) is 2. The van der Waals surface area contributed by atoms with Crippen LogP contribution in [-0.4, -0.2) is 42.3 Å². The summed E-state index contributed by atoms with van der Waals surface area (Å²) in [6.07, 6.45) is 0.895. The average Bonchev–Trinajstić information content (AvgIpc) is 2.52. The van der Waals surface area contributed by atoms with E-state index in [4.69, 9.17) is 9.47 Å². The Balaban J connectivity index is 2.16. The molecule has 1 amide bonds. The topological polar surface area (TPSA) is 55.8 Å². The van der Waals surface area contributed by atoms with Crippen LogP contribution in [0.1, 0.15) is 45.1 Å². The van der Waals surface area contributed by atoms with Crippen molar-refractivity contribution in [2.45, 2.75) is 51.2 Å². The van der Waals surface area contributed by atoms with Gasteiger partial charge in [0.15, 0.2) is 0 Å². The van der Waals surface area contributed by atoms with Gasteiger partial charge in [0.2, 0.25) is 0 Å². The van der Waals surface area contributed by atoms with Crippen LogP contribution in [0.4, 0.5) is 4.79 Å². The minimum atomic E-state index is -0.603. The van der Waals surface area contributed by atoms with Gasteiger partial charge in [0.1, 0.15) is 11.6 Å². The molecular formula is C18H25NO4. The number of benzene rings is 1. The molecule has 1 heterocycles. The van der Waals surface area contributed by atoms with E-state index in [0.29, 0.717) is 13.0 Å². The second kappa shape index (κ2) is 7.02. The fourth-order valence-electron chi connectivity index (χ4n) is 2.89. The molecule has 126 valence electrons. The van der Waals surface area contributed by atoms with Crippen LogP contribution in [0.3, 0.4) is 0 Å². The summed E-state index contributed by atoms with van der Waals surface area (Å²) in [5.41, 5.74) is 0.596. The van der Waals surface area contributed by atoms with Crippen molar-refractivity contribution in [3.63, 3.8) is 0 Å². The second-order valence-corrected chi connectivity index (χ2v) is 6.84. The van der Waals surface area contributed by atoms with Gasteiger partial charge in [-0.2, -0.15) is 0 Å². The third-order valence-corrected chi connectivity index (χ3v) is 3.97. The Hall–Kier alpha value is -2.04. The molecule has 2 atom stereocenters. The Kier molecular flexibility index (Phi) is 5.29. The minimum absolute atomic E-state index is 0.235. The Morgan fingerprint density at radius 2 is 1.83 bits per heavy atom. The van der Waals surface area contributed by atoms with E-state index in [0.717, 1.165) is 6.42 Å². The Bertz CT molecular complexity index is 550. The fourth-order valence-corrected chi connectivity index (χ4v) is 2.89. The third kappa shape index (κ3) is 4.47. The molecule has 0 radical (unpaired) electrons. The van der Waals surface area contributed by atoms with E-state index in [1.165, 1.54) is 17.6 Å². The molecule has 1 unspecified atom stereocenters. The van der Waals surface area contributed by atoms with Gasteiger partial charge in [-0.3, -0.25) is 4.90 Å². The summed E-state index contributed by atoms with van der Waals surface area (Å²) in [7, 11) is 1.35. The normalized spacial score (nSPS) is 21.7. The SMILES string of the molecule is COC(=O)[C@H]1CC(c2ccccc2)CCN1C(=O)OC(C)(C)C. The van der Waals surface area contributed by atoms with E-state index in [2.05, 4.69) is 12.1 Å². The van der Waals surface area contributed by atoms with Crippen molar-refractivity contribution in [3.05, 3.63) is 35.9 Å². The molecule has 1 aromatic rings. The Labute approximate surface area is 137 Å². The highest BCUT2D eigenvalue weighted by molar-refractivity contribution is 5.82. The zero-order valence-electron chi connectivity index (χ0n) is 14.2. The molecule has 5 heteroatoms. The van der Waals surface area contributed by atoms with E-state index in [1.807, 2.05) is 39.0 Å². The van der Waals surface area contributed by atoms with Gasteiger partial charge in [-0.1, -0.05) is 30.3 Å². The standard InChI is InChI=1S/C18H25NO4/c1-18(2,3)23-17(21)19-11-10-14(12-15(19)16(20)22-4)13-8-6-5-7-9-13/h5-9,14-15H,10-12H2,1-4H3/t14?,15-/m1/s1. The van der Waals surface area contributed by atoms with Crippen molar-refractivity contribution in [3.8, 4) is 0 Å². The van der Waals surface area contributed by atoms with Gasteiger partial charge in [-0.15, -0.1) is 0 Å². The molecule has 2 rings (SSSR count). The maximum absolute atomic E-state index is 12.4. The van der Waals surface area contributed by atoms with Crippen LogP contribution in [0.25, 0.3) is 0 Å². The highest BCUT2D eigenvalue weighted by Gasteiger charge is 2.39. The summed E-state index contributed by atoms with van der Waals surface area (Å²) < 4.78 is 10.3. The summed E-state index contributed by atoms with van der Waals surface area (Å²) in [6.45, 7) is 5.92. The van der Waals surface area contributed by atoms with Crippen molar-refractivity contribution in [2.24, 2.45) is 0 Å². The highest BCUT2D eigenvalue weighted by atomic mass is 16.6. The maximum atomic E-state index is 12.4. The molecule has 0 N–H and O–H groups in total. The molecule has 0 saturated carbocycles. The summed E-state index contributed by atoms with van der Waals surface area (Å²) >= 11 is 0. The van der Waals surface area contributed by atoms with Gasteiger partial charge in [-0.25, -0.2) is 9.59 Å². The van der Waals surface area contributed by atoms with Crippen LogP contribution in [0.2, 0.25) is 0 Å². The van der Waals surface area contributed by atoms with Crippen LogP contribution >= 0.6 is 0 Å². The predicted octanol–water partition coefficient (Wildman–Crippen LogP) is 3.34. The molecule has 23 heavy (non-hydrogen) atoms. The van der Waals surface area contributed by atoms with E-state index < -0.39 is 23.7 Å². The summed E-state index contributed by atoms with van der Waals surface area (Å²) in [5.74, 6) is -0.157. The lowest BCUT2D eigenvalue weighted by atomic mass is 9.85. The number of nitrogens with zero attached hydrogens (tertiary/aromatic N) is 1. The molecule has 1 aliphatic rings. The molecule has 0 aliphatic carbocycles. The minimum Gasteiger partial charge on any atom is -0.467 e. The largest absolute Gasteiger partial charge is 0.467 e. The molecular weight excluding hydrogens is 294 g/mol. The number of carbonyl (C=O) groups excluding carboxylic acids is 2. The Morgan fingerprint density at radius 3 is 2.39 bits per heavy atom. The molecule has 0 spiro atoms. The van der Waals surface area contributed by atoms with Crippen molar-refractivity contribution in [2.75, 3.05) is 13.7 Å². The van der Waals surface area contributed by atoms with E-state index in [1.54, 1.807) is 0 Å². The number of likely N-dealkylation sites (tertiary alicyclic amines) is 1. The lowest BCUT2D eigenvalue weighted by Crippen LogP contribution is -2.51. The number of esters is 1. The number of methoxy groups -OCH3 is 1. The monoisotopic (exact) mass is 319 g/mol. The van der Waals surface area contributed by atoms with Crippen LogP contribution in [0.15, 0.2) is 30.3 Å². The number of amides is 1. The lowest BCUT2D eigenvalue weighted by Gasteiger charge is -2.38. The zero-order chi connectivity index (χ0) is 17.0. The van der Waals surface area contributed by atoms with Crippen molar-refractivity contribution >= 4 is 12.1 Å². The predicted molar refractivity (Wildman–Crippen MR) is 87.2 cm³/mol. The molecule has 1 aromatic carbocycles. The van der Waals surface area contributed by atoms with Crippen LogP contribution in [-0.2, 0) is 14.3 Å². The van der Waals surface area contributed by atoms with Gasteiger partial charge in [0.05, 0.1) is 7.11 Å². The highest BCUT2D eigenvalue weighted by Crippen LogP contribution is 2.32. The van der Waals surface area contributed by atoms with Crippen molar-refractivity contribution in [1.82, 2.24) is 4.90 Å². The van der Waals surface area contributed by atoms with Crippen LogP contribution in [0, 0.1) is 0 Å². The van der Waals surface area contributed by atoms with E-state index in [9.17, 15) is 9.59 Å². The van der Waals surface area contributed by atoms with E-state index >= 15 is 0 Å². The zero-order valence-corrected chi connectivity index (χ0v) is 14.2. The fraction of sp³-hybridized carbons (Fsp3) is 0.556. The summed E-state index contributed by atoms with van der Waals surface area (Å²) in [5, 5.41) is 0. The van der Waals surface area contributed by atoms with Gasteiger partial charge >= 0.3 is 12.1 Å². The first kappa shape index (κ1) is 17.3. The first-order valence-corrected chi connectivity index (χ1v) is 7.94. The maximum Gasteiger partial charge on any atom is 0.411 e. The van der Waals surface area contributed by atoms with Gasteiger partial charge < -0.3 is 9.47 Å². The smallest absolute Gasteiger partial charge is 0.411 e. The van der Waals surface area contributed by atoms with Gasteiger partial charge in [0.25, 0.3) is 0 Å². The third-order valence-electron chi connectivity index (χ3n) is 3.97. The first-order chi connectivity index (χ1) is 10.8. The van der Waals surface area contributed by atoms with Crippen molar-refractivity contribution < 1.29 is 19.1 Å².